The van der Waals surface area contributed by atoms with Gasteiger partial charge in [0.2, 0.25) is 0 Å². The van der Waals surface area contributed by atoms with E-state index in [0.29, 0.717) is 5.65 Å². The molecule has 16 aromatic rings. The minimum Gasteiger partial charge on any atom is -0.228 e. The molecular weight excluding hydrogens is 1130 g/mol. The molecular formula is C92H62N2. The topological polar surface area (TPSA) is 25.8 Å². The normalized spacial score (nSPS) is 11.2. The Balaban J connectivity index is 0.890. The van der Waals surface area contributed by atoms with Gasteiger partial charge in [-0.2, -0.15) is 0 Å². The van der Waals surface area contributed by atoms with Crippen molar-refractivity contribution in [2.45, 2.75) is 0 Å². The number of fused-ring (bicyclic) bond motifs is 1. The summed E-state index contributed by atoms with van der Waals surface area (Å²) in [5, 5.41) is 0.956. The summed E-state index contributed by atoms with van der Waals surface area (Å²) >= 11 is 0. The quantitative estimate of drug-likeness (QED) is 0.108. The van der Waals surface area contributed by atoms with Gasteiger partial charge in [0, 0.05) is 16.5 Å². The molecule has 0 aliphatic rings. The Morgan fingerprint density at radius 2 is 0.255 bits per heavy atom. The smallest absolute Gasteiger partial charge is 0.160 e. The van der Waals surface area contributed by atoms with Crippen LogP contribution in [0.15, 0.2) is 376 Å². The van der Waals surface area contributed by atoms with Gasteiger partial charge in [0.15, 0.2) is 5.65 Å². The van der Waals surface area contributed by atoms with Crippen molar-refractivity contribution >= 4 is 11.0 Å². The highest BCUT2D eigenvalue weighted by atomic mass is 14.9. The van der Waals surface area contributed by atoms with Crippen LogP contribution >= 0.6 is 0 Å². The summed E-state index contributed by atoms with van der Waals surface area (Å²) < 4.78 is 0. The molecule has 16 rings (SSSR count). The molecule has 14 aromatic carbocycles. The Labute approximate surface area is 549 Å². The zero-order chi connectivity index (χ0) is 62.6. The largest absolute Gasteiger partial charge is 0.228 e. The minimum absolute atomic E-state index is 0.665. The highest BCUT2D eigenvalue weighted by Gasteiger charge is 2.18. The van der Waals surface area contributed by atoms with E-state index >= 15 is 0 Å². The molecule has 2 heteroatoms. The first kappa shape index (κ1) is 56.8. The lowest BCUT2D eigenvalue weighted by Gasteiger charge is -2.16. The molecule has 0 fully saturated rings. The molecule has 0 amide bonds. The van der Waals surface area contributed by atoms with Gasteiger partial charge in [-0.15, -0.1) is 0 Å². The second-order valence-electron chi connectivity index (χ2n) is 24.2. The first-order valence-electron chi connectivity index (χ1n) is 32.1. The maximum atomic E-state index is 5.59. The number of hydrogen-bond donors (Lipinski definition) is 0. The maximum Gasteiger partial charge on any atom is 0.160 e. The number of rotatable bonds is 14. The van der Waals surface area contributed by atoms with Gasteiger partial charge in [0.05, 0.1) is 11.4 Å². The van der Waals surface area contributed by atoms with Gasteiger partial charge < -0.3 is 0 Å². The summed E-state index contributed by atoms with van der Waals surface area (Å²) in [5.74, 6) is 0. The van der Waals surface area contributed by atoms with E-state index in [1.807, 2.05) is 0 Å². The van der Waals surface area contributed by atoms with Crippen LogP contribution in [0.3, 0.4) is 0 Å². The van der Waals surface area contributed by atoms with E-state index in [-0.39, 0.29) is 0 Å². The van der Waals surface area contributed by atoms with Crippen LogP contribution in [0.1, 0.15) is 0 Å². The fraction of sp³-hybridized carbons (Fsp3) is 0. The zero-order valence-corrected chi connectivity index (χ0v) is 51.7. The third-order valence-electron chi connectivity index (χ3n) is 17.9. The van der Waals surface area contributed by atoms with Gasteiger partial charge in [0.25, 0.3) is 0 Å². The van der Waals surface area contributed by atoms with Gasteiger partial charge in [-0.1, -0.05) is 243 Å². The molecule has 0 N–H and O–H groups in total. The van der Waals surface area contributed by atoms with E-state index in [0.717, 1.165) is 161 Å². The van der Waals surface area contributed by atoms with Crippen molar-refractivity contribution in [3.05, 3.63) is 376 Å². The Bertz CT molecular complexity index is 4510. The van der Waals surface area contributed by atoms with Crippen LogP contribution in [0.4, 0.5) is 0 Å². The van der Waals surface area contributed by atoms with Gasteiger partial charge in [-0.3, -0.25) is 0 Å². The van der Waals surface area contributed by atoms with E-state index in [1.165, 1.54) is 0 Å². The molecule has 2 aromatic heterocycles. The SMILES string of the molecule is c1ccc(-c2cc(-c3ccccc3)cc(-c3cc(-c4cc(-c5ccccc5)cc(-c5ccccc5)c4)cc(-c4ccc5ccc(-c6cc(-c7cc(-c8ccccc8)cc(-c8ccccc8)c7)cc(-c7cc(-c8ccccc8)cc(-c8ccccc8)c7)c6)nc5n4)c3)c2)cc1. The fourth-order valence-corrected chi connectivity index (χ4v) is 13.1. The monoisotopic (exact) mass is 1190 g/mol. The van der Waals surface area contributed by atoms with Gasteiger partial charge >= 0.3 is 0 Å². The summed E-state index contributed by atoms with van der Waals surface area (Å²) in [6.45, 7) is 0. The van der Waals surface area contributed by atoms with Crippen LogP contribution < -0.4 is 0 Å². The molecule has 0 spiro atoms. The molecule has 94 heavy (non-hydrogen) atoms. The van der Waals surface area contributed by atoms with Crippen LogP contribution in [-0.2, 0) is 0 Å². The molecule has 0 aliphatic carbocycles. The molecule has 0 saturated heterocycles. The van der Waals surface area contributed by atoms with E-state index in [2.05, 4.69) is 376 Å². The molecule has 0 saturated carbocycles. The molecule has 0 radical (unpaired) electrons. The van der Waals surface area contributed by atoms with Crippen molar-refractivity contribution in [1.29, 1.82) is 0 Å². The van der Waals surface area contributed by atoms with Crippen molar-refractivity contribution in [1.82, 2.24) is 9.97 Å². The third kappa shape index (κ3) is 12.1. The van der Waals surface area contributed by atoms with Crippen LogP contribution in [0, 0.1) is 0 Å². The molecule has 0 bridgehead atoms. The van der Waals surface area contributed by atoms with Crippen molar-refractivity contribution in [3.8, 4) is 156 Å². The predicted octanol–water partition coefficient (Wildman–Crippen LogP) is 25.0. The maximum absolute atomic E-state index is 5.59. The number of nitrogens with zero attached hydrogens (tertiary/aromatic N) is 2. The summed E-state index contributed by atoms with van der Waals surface area (Å²) in [5.41, 5.74) is 31.5. The lowest BCUT2D eigenvalue weighted by molar-refractivity contribution is 1.29. The molecule has 0 unspecified atom stereocenters. The van der Waals surface area contributed by atoms with Crippen LogP contribution in [0.5, 0.6) is 0 Å². The number of aromatic nitrogens is 2. The minimum atomic E-state index is 0.665. The second-order valence-corrected chi connectivity index (χ2v) is 24.2. The lowest BCUT2D eigenvalue weighted by Crippen LogP contribution is -1.94. The molecule has 440 valence electrons. The van der Waals surface area contributed by atoms with Gasteiger partial charge in [0.1, 0.15) is 0 Å². The second kappa shape index (κ2) is 25.5. The fourth-order valence-electron chi connectivity index (χ4n) is 13.1. The Kier molecular flexibility index (Phi) is 15.4. The van der Waals surface area contributed by atoms with E-state index in [4.69, 9.17) is 9.97 Å². The molecule has 0 atom stereocenters. The summed E-state index contributed by atoms with van der Waals surface area (Å²) in [4.78, 5) is 11.2. The van der Waals surface area contributed by atoms with Crippen LogP contribution in [0.2, 0.25) is 0 Å². The highest BCUT2D eigenvalue weighted by molar-refractivity contribution is 5.92. The van der Waals surface area contributed by atoms with E-state index in [1.54, 1.807) is 0 Å². The number of pyridine rings is 2. The highest BCUT2D eigenvalue weighted by Crippen LogP contribution is 2.43. The number of hydrogen-bond acceptors (Lipinski definition) is 2. The van der Waals surface area contributed by atoms with Crippen LogP contribution in [-0.4, -0.2) is 9.97 Å². The van der Waals surface area contributed by atoms with E-state index < -0.39 is 0 Å². The first-order valence-corrected chi connectivity index (χ1v) is 32.1. The Morgan fingerprint density at radius 1 is 0.117 bits per heavy atom. The number of benzene rings is 14. The van der Waals surface area contributed by atoms with Crippen molar-refractivity contribution in [2.75, 3.05) is 0 Å². The Hall–Kier alpha value is -12.4. The molecule has 2 heterocycles. The summed E-state index contributed by atoms with van der Waals surface area (Å²) in [7, 11) is 0. The molecule has 0 aliphatic heterocycles. The van der Waals surface area contributed by atoms with Crippen molar-refractivity contribution in [2.24, 2.45) is 0 Å². The van der Waals surface area contributed by atoms with E-state index in [9.17, 15) is 0 Å². The average molecular weight is 1200 g/mol. The van der Waals surface area contributed by atoms with Crippen molar-refractivity contribution in [3.63, 3.8) is 0 Å². The van der Waals surface area contributed by atoms with Crippen molar-refractivity contribution < 1.29 is 0 Å². The Morgan fingerprint density at radius 3 is 0.415 bits per heavy atom. The predicted molar refractivity (Wildman–Crippen MR) is 396 cm³/mol. The molecule has 2 nitrogen and oxygen atoms in total. The zero-order valence-electron chi connectivity index (χ0n) is 51.7. The third-order valence-corrected chi connectivity index (χ3v) is 17.9. The van der Waals surface area contributed by atoms with Crippen LogP contribution in [0.25, 0.3) is 167 Å². The van der Waals surface area contributed by atoms with Gasteiger partial charge in [-0.05, 0) is 267 Å². The summed E-state index contributed by atoms with van der Waals surface area (Å²) in [6, 6.07) is 136. The standard InChI is InChI=1S/C92H62N2/c1-9-25-63(26-10-1)72-45-73(64-27-11-2-12-28-64)50-80(49-72)84-57-85(81-51-74(65-29-13-3-14-30-65)46-75(52-81)66-31-15-4-16-32-66)60-88(59-84)90-43-41-71-42-44-91(94-92(71)93-90)89-61-86(82-53-76(67-33-17-5-18-34-67)47-77(54-82)68-35-19-6-20-36-68)58-87(62-89)83-55-78(69-37-21-7-22-38-69)48-79(56-83)70-39-23-8-24-40-70/h1-62H. The lowest BCUT2D eigenvalue weighted by atomic mass is 9.88. The summed E-state index contributed by atoms with van der Waals surface area (Å²) in [6.07, 6.45) is 0. The average Bonchev–Trinajstić information content (AvgIpc) is 0.929. The first-order chi connectivity index (χ1) is 46.5. The van der Waals surface area contributed by atoms with Gasteiger partial charge in [-0.25, -0.2) is 9.97 Å².